The van der Waals surface area contributed by atoms with Crippen LogP contribution in [0.3, 0.4) is 0 Å². The van der Waals surface area contributed by atoms with Gasteiger partial charge in [0, 0.05) is 27.9 Å². The molecule has 0 fully saturated rings. The van der Waals surface area contributed by atoms with E-state index in [1.165, 1.54) is 11.8 Å². The third-order valence-electron chi connectivity index (χ3n) is 4.98. The number of nitrogens with zero attached hydrogens (tertiary/aromatic N) is 4. The van der Waals surface area contributed by atoms with Gasteiger partial charge in [0.05, 0.1) is 11.4 Å². The average molecular weight is 441 g/mol. The summed E-state index contributed by atoms with van der Waals surface area (Å²) >= 11 is 1.19. The molecular formula is C23H15N5O3S. The molecule has 0 saturated heterocycles. The number of carbonyl (C=O) groups is 3. The van der Waals surface area contributed by atoms with Crippen LogP contribution in [-0.2, 0) is 4.79 Å². The molecule has 1 heterocycles. The van der Waals surface area contributed by atoms with Crippen molar-refractivity contribution in [1.82, 2.24) is 20.2 Å². The predicted molar refractivity (Wildman–Crippen MR) is 118 cm³/mol. The van der Waals surface area contributed by atoms with Gasteiger partial charge >= 0.3 is 0 Å². The average Bonchev–Trinajstić information content (AvgIpc) is 3.30. The van der Waals surface area contributed by atoms with Crippen molar-refractivity contribution in [3.63, 3.8) is 0 Å². The molecule has 32 heavy (non-hydrogen) atoms. The summed E-state index contributed by atoms with van der Waals surface area (Å²) in [6, 6.07) is 20.8. The molecule has 3 aromatic carbocycles. The molecule has 0 aliphatic heterocycles. The number of carbonyl (C=O) groups excluding carboxylic acids is 3. The molecule has 4 aromatic rings. The lowest BCUT2D eigenvalue weighted by Crippen LogP contribution is -2.21. The van der Waals surface area contributed by atoms with Crippen molar-refractivity contribution in [3.05, 3.63) is 95.1 Å². The van der Waals surface area contributed by atoms with Gasteiger partial charge in [0.2, 0.25) is 11.1 Å². The van der Waals surface area contributed by atoms with Crippen molar-refractivity contribution in [1.29, 1.82) is 0 Å². The van der Waals surface area contributed by atoms with Crippen LogP contribution in [0.2, 0.25) is 0 Å². The fraction of sp³-hybridized carbons (Fsp3) is 0.0435. The van der Waals surface area contributed by atoms with Crippen LogP contribution in [0.15, 0.2) is 78.0 Å². The second-order valence-corrected chi connectivity index (χ2v) is 7.95. The lowest BCUT2D eigenvalue weighted by Gasteiger charge is -2.18. The van der Waals surface area contributed by atoms with E-state index in [4.69, 9.17) is 0 Å². The number of tetrazole rings is 1. The molecule has 0 saturated carbocycles. The lowest BCUT2D eigenvalue weighted by atomic mass is 9.84. The highest BCUT2D eigenvalue weighted by atomic mass is 32.2. The number of benzene rings is 3. The summed E-state index contributed by atoms with van der Waals surface area (Å²) in [5.41, 5.74) is 2.62. The molecule has 9 heteroatoms. The van der Waals surface area contributed by atoms with Gasteiger partial charge in [-0.3, -0.25) is 14.4 Å². The van der Waals surface area contributed by atoms with Gasteiger partial charge in [-0.05, 0) is 40.8 Å². The van der Waals surface area contributed by atoms with E-state index in [0.29, 0.717) is 27.5 Å². The Labute approximate surface area is 186 Å². The molecule has 5 rings (SSSR count). The van der Waals surface area contributed by atoms with Gasteiger partial charge in [0.25, 0.3) is 0 Å². The maximum atomic E-state index is 12.9. The van der Waals surface area contributed by atoms with Crippen LogP contribution in [-0.4, -0.2) is 43.4 Å². The number of thioether (sulfide) groups is 1. The number of hydrogen-bond acceptors (Lipinski definition) is 7. The van der Waals surface area contributed by atoms with Crippen molar-refractivity contribution in [2.24, 2.45) is 0 Å². The summed E-state index contributed by atoms with van der Waals surface area (Å²) in [5.74, 6) is -0.647. The number of anilines is 1. The van der Waals surface area contributed by atoms with Gasteiger partial charge in [-0.2, -0.15) is 4.68 Å². The molecule has 0 atom stereocenters. The molecule has 1 amide bonds. The topological polar surface area (TPSA) is 107 Å². The van der Waals surface area contributed by atoms with E-state index in [1.54, 1.807) is 47.1 Å². The molecule has 0 radical (unpaired) electrons. The highest BCUT2D eigenvalue weighted by Crippen LogP contribution is 2.29. The zero-order valence-electron chi connectivity index (χ0n) is 16.6. The Hall–Kier alpha value is -4.11. The molecule has 0 spiro atoms. The van der Waals surface area contributed by atoms with E-state index in [2.05, 4.69) is 20.8 Å². The van der Waals surface area contributed by atoms with E-state index in [-0.39, 0.29) is 28.8 Å². The number of para-hydroxylation sites is 1. The molecule has 1 aliphatic carbocycles. The van der Waals surface area contributed by atoms with Crippen molar-refractivity contribution >= 4 is 34.9 Å². The van der Waals surface area contributed by atoms with Crippen LogP contribution < -0.4 is 5.32 Å². The fourth-order valence-corrected chi connectivity index (χ4v) is 4.20. The first-order chi connectivity index (χ1) is 15.6. The Bertz CT molecular complexity index is 1370. The van der Waals surface area contributed by atoms with Crippen molar-refractivity contribution in [2.75, 3.05) is 11.1 Å². The van der Waals surface area contributed by atoms with E-state index in [9.17, 15) is 14.4 Å². The van der Waals surface area contributed by atoms with Gasteiger partial charge in [0.1, 0.15) is 0 Å². The minimum atomic E-state index is -0.285. The zero-order valence-corrected chi connectivity index (χ0v) is 17.4. The fourth-order valence-electron chi connectivity index (χ4n) is 3.50. The molecular weight excluding hydrogens is 426 g/mol. The third kappa shape index (κ3) is 3.58. The summed E-state index contributed by atoms with van der Waals surface area (Å²) in [5, 5.41) is 14.9. The van der Waals surface area contributed by atoms with E-state index in [0.717, 1.165) is 5.69 Å². The maximum absolute atomic E-state index is 12.9. The number of rotatable bonds is 5. The number of nitrogens with one attached hydrogen (secondary N) is 1. The lowest BCUT2D eigenvalue weighted by molar-refractivity contribution is -0.113. The molecule has 1 aromatic heterocycles. The van der Waals surface area contributed by atoms with Crippen LogP contribution in [0.25, 0.3) is 5.69 Å². The van der Waals surface area contributed by atoms with Gasteiger partial charge in [0.15, 0.2) is 11.6 Å². The summed E-state index contributed by atoms with van der Waals surface area (Å²) in [4.78, 5) is 38.1. The Kier molecular flexibility index (Phi) is 5.08. The number of aromatic nitrogens is 4. The highest BCUT2D eigenvalue weighted by molar-refractivity contribution is 7.99. The first-order valence-corrected chi connectivity index (χ1v) is 10.7. The second kappa shape index (κ2) is 8.20. The first-order valence-electron chi connectivity index (χ1n) is 9.71. The Morgan fingerprint density at radius 3 is 2.25 bits per heavy atom. The monoisotopic (exact) mass is 441 g/mol. The normalized spacial score (nSPS) is 12.2. The van der Waals surface area contributed by atoms with Crippen molar-refractivity contribution in [2.45, 2.75) is 5.16 Å². The summed E-state index contributed by atoms with van der Waals surface area (Å²) < 4.78 is 1.55. The van der Waals surface area contributed by atoms with Crippen LogP contribution in [0.5, 0.6) is 0 Å². The van der Waals surface area contributed by atoms with Gasteiger partial charge in [-0.25, -0.2) is 0 Å². The quantitative estimate of drug-likeness (QED) is 0.418. The summed E-state index contributed by atoms with van der Waals surface area (Å²) in [6.45, 7) is 0. The Morgan fingerprint density at radius 1 is 0.844 bits per heavy atom. The van der Waals surface area contributed by atoms with E-state index < -0.39 is 0 Å². The van der Waals surface area contributed by atoms with Gasteiger partial charge < -0.3 is 5.32 Å². The third-order valence-corrected chi connectivity index (χ3v) is 5.90. The second-order valence-electron chi connectivity index (χ2n) is 7.01. The molecule has 0 bridgehead atoms. The number of ketones is 2. The van der Waals surface area contributed by atoms with E-state index in [1.807, 2.05) is 30.3 Å². The van der Waals surface area contributed by atoms with Crippen molar-refractivity contribution < 1.29 is 14.4 Å². The number of fused-ring (bicyclic) bond motifs is 2. The van der Waals surface area contributed by atoms with Crippen LogP contribution in [0.4, 0.5) is 5.69 Å². The molecule has 1 aliphatic rings. The van der Waals surface area contributed by atoms with Crippen LogP contribution in [0.1, 0.15) is 31.8 Å². The number of amides is 1. The van der Waals surface area contributed by atoms with Gasteiger partial charge in [-0.15, -0.1) is 5.10 Å². The first kappa shape index (κ1) is 19.8. The molecule has 8 nitrogen and oxygen atoms in total. The smallest absolute Gasteiger partial charge is 0.234 e. The Balaban J connectivity index is 1.30. The summed E-state index contributed by atoms with van der Waals surface area (Å²) in [6.07, 6.45) is 0. The van der Waals surface area contributed by atoms with Crippen LogP contribution in [0, 0.1) is 0 Å². The highest BCUT2D eigenvalue weighted by Gasteiger charge is 2.29. The minimum absolute atomic E-state index is 0.0694. The standard InChI is InChI=1S/C23H15N5O3S/c29-20(13-32-23-25-26-27-28(23)15-6-2-1-3-7-15)24-14-10-11-18-19(12-14)22(31)17-9-5-4-8-16(17)21(18)30/h1-12H,13H2,(H,24,29). The molecule has 0 unspecified atom stereocenters. The summed E-state index contributed by atoms with van der Waals surface area (Å²) in [7, 11) is 0. The zero-order chi connectivity index (χ0) is 22.1. The minimum Gasteiger partial charge on any atom is -0.325 e. The maximum Gasteiger partial charge on any atom is 0.234 e. The Morgan fingerprint density at radius 2 is 1.50 bits per heavy atom. The molecule has 1 N–H and O–H groups in total. The van der Waals surface area contributed by atoms with E-state index >= 15 is 0 Å². The van der Waals surface area contributed by atoms with Crippen LogP contribution >= 0.6 is 11.8 Å². The predicted octanol–water partition coefficient (Wildman–Crippen LogP) is 3.17. The van der Waals surface area contributed by atoms with Gasteiger partial charge in [-0.1, -0.05) is 54.2 Å². The molecule has 156 valence electrons. The number of hydrogen-bond donors (Lipinski definition) is 1. The SMILES string of the molecule is O=C(CSc1nnnn1-c1ccccc1)Nc1ccc2c(c1)C(=O)c1ccccc1C2=O. The van der Waals surface area contributed by atoms with Crippen molar-refractivity contribution in [3.8, 4) is 5.69 Å². The largest absolute Gasteiger partial charge is 0.325 e.